The average molecular weight is 428 g/mol. The van der Waals surface area contributed by atoms with Gasteiger partial charge < -0.3 is 20.3 Å². The van der Waals surface area contributed by atoms with E-state index in [1.54, 1.807) is 7.11 Å². The molecule has 5 nitrogen and oxygen atoms in total. The van der Waals surface area contributed by atoms with Crippen molar-refractivity contribution >= 4 is 28.9 Å². The van der Waals surface area contributed by atoms with Gasteiger partial charge in [-0.25, -0.2) is 0 Å². The summed E-state index contributed by atoms with van der Waals surface area (Å²) < 4.78 is 5.28. The van der Waals surface area contributed by atoms with Gasteiger partial charge in [-0.3, -0.25) is 4.79 Å². The van der Waals surface area contributed by atoms with Crippen LogP contribution in [0.2, 0.25) is 0 Å². The number of nitrogens with zero attached hydrogens (tertiary/aromatic N) is 1. The monoisotopic (exact) mass is 427 g/mol. The highest BCUT2D eigenvalue weighted by Crippen LogP contribution is 2.60. The van der Waals surface area contributed by atoms with Gasteiger partial charge in [0.15, 0.2) is 5.11 Å². The van der Waals surface area contributed by atoms with E-state index in [0.29, 0.717) is 5.91 Å². The van der Waals surface area contributed by atoms with E-state index in [2.05, 4.69) is 15.5 Å². The Hall–Kier alpha value is -1.82. The highest BCUT2D eigenvalue weighted by atomic mass is 32.1. The SMILES string of the molecule is COc1cccc(NC(=S)N2CCC(NC(=O)C34CC5CC(CC(C5)C3)C4)CC2)c1. The van der Waals surface area contributed by atoms with E-state index in [9.17, 15) is 4.79 Å². The number of methoxy groups -OCH3 is 1. The van der Waals surface area contributed by atoms with Gasteiger partial charge in [-0.05, 0) is 93.5 Å². The zero-order valence-electron chi connectivity index (χ0n) is 17.9. The summed E-state index contributed by atoms with van der Waals surface area (Å²) >= 11 is 5.63. The summed E-state index contributed by atoms with van der Waals surface area (Å²) in [4.78, 5) is 15.5. The molecule has 4 saturated carbocycles. The van der Waals surface area contributed by atoms with Crippen molar-refractivity contribution in [3.63, 3.8) is 0 Å². The van der Waals surface area contributed by atoms with Crippen LogP contribution in [0, 0.1) is 23.2 Å². The maximum Gasteiger partial charge on any atom is 0.226 e. The average Bonchev–Trinajstić information content (AvgIpc) is 2.73. The predicted octanol–water partition coefficient (Wildman–Crippen LogP) is 4.19. The fraction of sp³-hybridized carbons (Fsp3) is 0.667. The van der Waals surface area contributed by atoms with Crippen LogP contribution in [0.15, 0.2) is 24.3 Å². The molecule has 4 aliphatic carbocycles. The molecule has 6 rings (SSSR count). The molecule has 1 aliphatic heterocycles. The second-order valence-corrected chi connectivity index (χ2v) is 10.5. The lowest BCUT2D eigenvalue weighted by atomic mass is 9.49. The number of benzene rings is 1. The zero-order valence-corrected chi connectivity index (χ0v) is 18.7. The number of likely N-dealkylation sites (tertiary alicyclic amines) is 1. The number of rotatable bonds is 4. The molecule has 5 fully saturated rings. The topological polar surface area (TPSA) is 53.6 Å². The number of nitrogens with one attached hydrogen (secondary N) is 2. The first-order valence-corrected chi connectivity index (χ1v) is 11.9. The second kappa shape index (κ2) is 8.03. The van der Waals surface area contributed by atoms with Crippen LogP contribution in [0.5, 0.6) is 5.75 Å². The quantitative estimate of drug-likeness (QED) is 0.706. The number of thiocarbonyl (C=S) groups is 1. The summed E-state index contributed by atoms with van der Waals surface area (Å²) in [5, 5.41) is 7.52. The molecular weight excluding hydrogens is 394 g/mol. The number of carbonyl (C=O) groups excluding carboxylic acids is 1. The molecule has 1 amide bonds. The molecule has 1 heterocycles. The van der Waals surface area contributed by atoms with Gasteiger partial charge in [-0.1, -0.05) is 6.07 Å². The minimum absolute atomic E-state index is 0.0465. The van der Waals surface area contributed by atoms with E-state index in [0.717, 1.165) is 79.5 Å². The van der Waals surface area contributed by atoms with Gasteiger partial charge in [-0.2, -0.15) is 0 Å². The minimum Gasteiger partial charge on any atom is -0.497 e. The van der Waals surface area contributed by atoms with Crippen molar-refractivity contribution in [3.05, 3.63) is 24.3 Å². The van der Waals surface area contributed by atoms with Gasteiger partial charge in [0.25, 0.3) is 0 Å². The van der Waals surface area contributed by atoms with Crippen LogP contribution in [-0.2, 0) is 4.79 Å². The van der Waals surface area contributed by atoms with E-state index >= 15 is 0 Å². The highest BCUT2D eigenvalue weighted by Gasteiger charge is 2.54. The summed E-state index contributed by atoms with van der Waals surface area (Å²) in [5.74, 6) is 3.60. The highest BCUT2D eigenvalue weighted by molar-refractivity contribution is 7.80. The number of hydrogen-bond acceptors (Lipinski definition) is 3. The smallest absolute Gasteiger partial charge is 0.226 e. The molecule has 162 valence electrons. The summed E-state index contributed by atoms with van der Waals surface area (Å²) in [7, 11) is 1.67. The lowest BCUT2D eigenvalue weighted by Gasteiger charge is -2.56. The van der Waals surface area contributed by atoms with Crippen molar-refractivity contribution in [2.45, 2.75) is 57.4 Å². The summed E-state index contributed by atoms with van der Waals surface area (Å²) in [6.45, 7) is 1.75. The Bertz CT molecular complexity index is 783. The van der Waals surface area contributed by atoms with Gasteiger partial charge in [0.1, 0.15) is 5.75 Å². The molecule has 4 bridgehead atoms. The Balaban J connectivity index is 1.13. The molecule has 0 radical (unpaired) electrons. The van der Waals surface area contributed by atoms with Gasteiger partial charge in [0.2, 0.25) is 5.91 Å². The molecule has 1 aromatic carbocycles. The maximum absolute atomic E-state index is 13.3. The minimum atomic E-state index is -0.0465. The third kappa shape index (κ3) is 3.91. The maximum atomic E-state index is 13.3. The van der Waals surface area contributed by atoms with Crippen LogP contribution in [0.1, 0.15) is 51.4 Å². The summed E-state index contributed by atoms with van der Waals surface area (Å²) in [6, 6.07) is 8.10. The fourth-order valence-electron chi connectivity index (χ4n) is 6.86. The van der Waals surface area contributed by atoms with Crippen molar-refractivity contribution in [2.24, 2.45) is 23.2 Å². The number of anilines is 1. The summed E-state index contributed by atoms with van der Waals surface area (Å²) in [5.41, 5.74) is 0.895. The van der Waals surface area contributed by atoms with Crippen molar-refractivity contribution in [2.75, 3.05) is 25.5 Å². The molecule has 5 aliphatic rings. The van der Waals surface area contributed by atoms with Crippen molar-refractivity contribution < 1.29 is 9.53 Å². The van der Waals surface area contributed by atoms with Crippen LogP contribution in [0.3, 0.4) is 0 Å². The number of hydrogen-bond donors (Lipinski definition) is 2. The van der Waals surface area contributed by atoms with E-state index in [1.165, 1.54) is 19.3 Å². The molecule has 0 atom stereocenters. The van der Waals surface area contributed by atoms with Gasteiger partial charge in [-0.15, -0.1) is 0 Å². The van der Waals surface area contributed by atoms with Crippen molar-refractivity contribution in [1.82, 2.24) is 10.2 Å². The molecule has 0 aromatic heterocycles. The molecule has 1 saturated heterocycles. The molecule has 1 aromatic rings. The van der Waals surface area contributed by atoms with Crippen LogP contribution < -0.4 is 15.4 Å². The predicted molar refractivity (Wildman–Crippen MR) is 123 cm³/mol. The molecule has 30 heavy (non-hydrogen) atoms. The van der Waals surface area contributed by atoms with E-state index < -0.39 is 0 Å². The number of amides is 1. The normalized spacial score (nSPS) is 32.7. The van der Waals surface area contributed by atoms with Crippen LogP contribution in [0.4, 0.5) is 5.69 Å². The van der Waals surface area contributed by atoms with Crippen molar-refractivity contribution in [3.8, 4) is 5.75 Å². The fourth-order valence-corrected chi connectivity index (χ4v) is 7.16. The number of ether oxygens (including phenoxy) is 1. The zero-order chi connectivity index (χ0) is 20.7. The Morgan fingerprint density at radius 3 is 2.33 bits per heavy atom. The van der Waals surface area contributed by atoms with E-state index in [4.69, 9.17) is 17.0 Å². The standard InChI is InChI=1S/C24H33N3O2S/c1-29-21-4-2-3-20(12-21)26-23(30)27-7-5-19(6-8-27)25-22(28)24-13-16-9-17(14-24)11-18(10-16)15-24/h2-4,12,16-19H,5-11,13-15H2,1H3,(H,25,28)(H,26,30). The number of carbonyl (C=O) groups is 1. The summed E-state index contributed by atoms with van der Waals surface area (Å²) in [6.07, 6.45) is 9.46. The number of piperidine rings is 1. The van der Waals surface area contributed by atoms with Crippen LogP contribution in [0.25, 0.3) is 0 Å². The van der Waals surface area contributed by atoms with Gasteiger partial charge in [0, 0.05) is 36.3 Å². The second-order valence-electron chi connectivity index (χ2n) is 10.1. The first-order chi connectivity index (χ1) is 14.5. The lowest BCUT2D eigenvalue weighted by molar-refractivity contribution is -0.147. The van der Waals surface area contributed by atoms with E-state index in [1.807, 2.05) is 24.3 Å². The Morgan fingerprint density at radius 1 is 1.10 bits per heavy atom. The van der Waals surface area contributed by atoms with Gasteiger partial charge in [0.05, 0.1) is 7.11 Å². The van der Waals surface area contributed by atoms with Gasteiger partial charge >= 0.3 is 0 Å². The van der Waals surface area contributed by atoms with Crippen LogP contribution in [-0.4, -0.2) is 42.2 Å². The Morgan fingerprint density at radius 2 is 1.73 bits per heavy atom. The van der Waals surface area contributed by atoms with Crippen LogP contribution >= 0.6 is 12.2 Å². The first kappa shape index (κ1) is 20.1. The van der Waals surface area contributed by atoms with Crippen molar-refractivity contribution in [1.29, 1.82) is 0 Å². The third-order valence-corrected chi connectivity index (χ3v) is 8.32. The van der Waals surface area contributed by atoms with E-state index in [-0.39, 0.29) is 11.5 Å². The molecule has 0 spiro atoms. The Labute approximate surface area is 184 Å². The largest absolute Gasteiger partial charge is 0.497 e. The first-order valence-electron chi connectivity index (χ1n) is 11.5. The lowest BCUT2D eigenvalue weighted by Crippen LogP contribution is -2.56. The molecular formula is C24H33N3O2S. The molecule has 2 N–H and O–H groups in total. The molecule has 6 heteroatoms. The Kier molecular flexibility index (Phi) is 5.38. The molecule has 0 unspecified atom stereocenters. The third-order valence-electron chi connectivity index (χ3n) is 7.96.